The Balaban J connectivity index is 2.26. The second-order valence-electron chi connectivity index (χ2n) is 4.18. The van der Waals surface area contributed by atoms with Crippen LogP contribution in [0.2, 0.25) is 15.1 Å². The van der Waals surface area contributed by atoms with E-state index in [0.29, 0.717) is 5.02 Å². The third-order valence-corrected chi connectivity index (χ3v) is 4.92. The van der Waals surface area contributed by atoms with Crippen LogP contribution in [0.3, 0.4) is 0 Å². The van der Waals surface area contributed by atoms with Crippen LogP contribution >= 0.6 is 46.1 Å². The first-order valence-electron chi connectivity index (χ1n) is 6.02. The normalized spacial score (nSPS) is 12.6. The first kappa shape index (κ1) is 15.1. The quantitative estimate of drug-likeness (QED) is 0.750. The highest BCUT2D eigenvalue weighted by atomic mass is 35.5. The molecule has 2 aromatic rings. The van der Waals surface area contributed by atoms with Gasteiger partial charge in [0, 0.05) is 21.0 Å². The van der Waals surface area contributed by atoms with Gasteiger partial charge in [-0.25, -0.2) is 0 Å². The summed E-state index contributed by atoms with van der Waals surface area (Å²) in [5.41, 5.74) is 1.03. The molecule has 0 saturated carbocycles. The smallest absolute Gasteiger partial charge is 0.0561 e. The number of hydrogen-bond donors (Lipinski definition) is 1. The van der Waals surface area contributed by atoms with Gasteiger partial charge in [-0.05, 0) is 48.2 Å². The molecule has 1 aromatic carbocycles. The largest absolute Gasteiger partial charge is 0.309 e. The molecule has 0 radical (unpaired) electrons. The van der Waals surface area contributed by atoms with E-state index in [9.17, 15) is 0 Å². The Morgan fingerprint density at radius 1 is 1.16 bits per heavy atom. The standard InChI is InChI=1S/C14H14Cl3NS/c1-2-18-13(14-12(17)5-6-19-14)8-9-7-10(15)3-4-11(9)16/h3-7,13,18H,2,8H2,1H3. The molecule has 2 rings (SSSR count). The molecule has 0 aliphatic rings. The van der Waals surface area contributed by atoms with Crippen LogP contribution in [0.15, 0.2) is 29.6 Å². The molecule has 1 N–H and O–H groups in total. The highest BCUT2D eigenvalue weighted by Crippen LogP contribution is 2.32. The van der Waals surface area contributed by atoms with Crippen molar-refractivity contribution in [3.05, 3.63) is 55.2 Å². The zero-order chi connectivity index (χ0) is 13.8. The molecule has 1 nitrogen and oxygen atoms in total. The van der Waals surface area contributed by atoms with Crippen LogP contribution in [-0.4, -0.2) is 6.54 Å². The molecular weight excluding hydrogens is 321 g/mol. The van der Waals surface area contributed by atoms with Crippen LogP contribution in [0.4, 0.5) is 0 Å². The molecule has 0 aliphatic carbocycles. The fourth-order valence-electron chi connectivity index (χ4n) is 1.98. The van der Waals surface area contributed by atoms with Gasteiger partial charge in [-0.2, -0.15) is 0 Å². The second-order valence-corrected chi connectivity index (χ2v) is 6.38. The average Bonchev–Trinajstić information content (AvgIpc) is 2.79. The van der Waals surface area contributed by atoms with E-state index in [1.807, 2.05) is 23.6 Å². The Morgan fingerprint density at radius 3 is 2.58 bits per heavy atom. The number of halogens is 3. The summed E-state index contributed by atoms with van der Waals surface area (Å²) in [4.78, 5) is 1.14. The van der Waals surface area contributed by atoms with Crippen molar-refractivity contribution in [2.45, 2.75) is 19.4 Å². The summed E-state index contributed by atoms with van der Waals surface area (Å²) in [5, 5.41) is 7.68. The Kier molecular flexibility index (Phi) is 5.55. The zero-order valence-corrected chi connectivity index (χ0v) is 13.5. The van der Waals surface area contributed by atoms with Crippen molar-refractivity contribution in [2.75, 3.05) is 6.54 Å². The van der Waals surface area contributed by atoms with Crippen molar-refractivity contribution < 1.29 is 0 Å². The minimum absolute atomic E-state index is 0.161. The lowest BCUT2D eigenvalue weighted by atomic mass is 10.0. The lowest BCUT2D eigenvalue weighted by Crippen LogP contribution is -2.22. The summed E-state index contributed by atoms with van der Waals surface area (Å²) < 4.78 is 0. The molecule has 1 heterocycles. The summed E-state index contributed by atoms with van der Waals surface area (Å²) in [7, 11) is 0. The third kappa shape index (κ3) is 3.87. The van der Waals surface area contributed by atoms with Gasteiger partial charge < -0.3 is 5.32 Å². The molecule has 0 bridgehead atoms. The first-order chi connectivity index (χ1) is 9.11. The summed E-state index contributed by atoms with van der Waals surface area (Å²) in [6.07, 6.45) is 0.771. The van der Waals surface area contributed by atoms with E-state index >= 15 is 0 Å². The maximum absolute atomic E-state index is 6.23. The van der Waals surface area contributed by atoms with Gasteiger partial charge in [0.1, 0.15) is 0 Å². The highest BCUT2D eigenvalue weighted by molar-refractivity contribution is 7.10. The molecule has 0 aliphatic heterocycles. The van der Waals surface area contributed by atoms with E-state index in [1.54, 1.807) is 17.4 Å². The number of rotatable bonds is 5. The lowest BCUT2D eigenvalue weighted by molar-refractivity contribution is 0.558. The number of nitrogens with one attached hydrogen (secondary N) is 1. The SMILES string of the molecule is CCNC(Cc1cc(Cl)ccc1Cl)c1sccc1Cl. The molecule has 1 atom stereocenters. The molecule has 5 heteroatoms. The number of likely N-dealkylation sites (N-methyl/N-ethyl adjacent to an activating group) is 1. The predicted molar refractivity (Wildman–Crippen MR) is 85.9 cm³/mol. The molecule has 0 spiro atoms. The monoisotopic (exact) mass is 333 g/mol. The molecule has 0 fully saturated rings. The van der Waals surface area contributed by atoms with E-state index in [1.165, 1.54) is 0 Å². The molecule has 1 unspecified atom stereocenters. The van der Waals surface area contributed by atoms with E-state index in [2.05, 4.69) is 12.2 Å². The average molecular weight is 335 g/mol. The van der Waals surface area contributed by atoms with E-state index in [0.717, 1.165) is 33.5 Å². The maximum atomic E-state index is 6.23. The molecule has 19 heavy (non-hydrogen) atoms. The number of benzene rings is 1. The Morgan fingerprint density at radius 2 is 1.95 bits per heavy atom. The van der Waals surface area contributed by atoms with Crippen molar-refractivity contribution in [1.82, 2.24) is 5.32 Å². The van der Waals surface area contributed by atoms with Gasteiger partial charge in [0.2, 0.25) is 0 Å². The summed E-state index contributed by atoms with van der Waals surface area (Å²) in [6.45, 7) is 2.95. The van der Waals surface area contributed by atoms with Crippen molar-refractivity contribution >= 4 is 46.1 Å². The van der Waals surface area contributed by atoms with E-state index < -0.39 is 0 Å². The minimum Gasteiger partial charge on any atom is -0.309 e. The molecule has 102 valence electrons. The van der Waals surface area contributed by atoms with Crippen LogP contribution in [-0.2, 0) is 6.42 Å². The predicted octanol–water partition coefficient (Wildman–Crippen LogP) is 5.60. The summed E-state index contributed by atoms with van der Waals surface area (Å²) in [6, 6.07) is 7.63. The van der Waals surface area contributed by atoms with Crippen LogP contribution in [0.1, 0.15) is 23.4 Å². The van der Waals surface area contributed by atoms with Gasteiger partial charge in [-0.3, -0.25) is 0 Å². The first-order valence-corrected chi connectivity index (χ1v) is 8.03. The summed E-state index contributed by atoms with van der Waals surface area (Å²) >= 11 is 20.1. The Hall–Kier alpha value is -0.250. The Bertz CT molecular complexity index is 553. The van der Waals surface area contributed by atoms with Crippen molar-refractivity contribution in [2.24, 2.45) is 0 Å². The van der Waals surface area contributed by atoms with Gasteiger partial charge in [0.05, 0.1) is 5.02 Å². The van der Waals surface area contributed by atoms with Crippen LogP contribution < -0.4 is 5.32 Å². The lowest BCUT2D eigenvalue weighted by Gasteiger charge is -2.18. The maximum Gasteiger partial charge on any atom is 0.0561 e. The third-order valence-electron chi connectivity index (χ3n) is 2.84. The van der Waals surface area contributed by atoms with Gasteiger partial charge in [-0.15, -0.1) is 11.3 Å². The van der Waals surface area contributed by atoms with Gasteiger partial charge >= 0.3 is 0 Å². The fraction of sp³-hybridized carbons (Fsp3) is 0.286. The van der Waals surface area contributed by atoms with Gasteiger partial charge in [-0.1, -0.05) is 41.7 Å². The Labute approximate surface area is 132 Å². The van der Waals surface area contributed by atoms with E-state index in [4.69, 9.17) is 34.8 Å². The topological polar surface area (TPSA) is 12.0 Å². The molecule has 0 amide bonds. The van der Waals surface area contributed by atoms with Crippen LogP contribution in [0, 0.1) is 0 Å². The van der Waals surface area contributed by atoms with Crippen molar-refractivity contribution in [3.8, 4) is 0 Å². The fourth-order valence-corrected chi connectivity index (χ4v) is 3.63. The number of thiophene rings is 1. The second kappa shape index (κ2) is 6.96. The molecule has 0 saturated heterocycles. The van der Waals surface area contributed by atoms with Crippen LogP contribution in [0.25, 0.3) is 0 Å². The van der Waals surface area contributed by atoms with Gasteiger partial charge in [0.15, 0.2) is 0 Å². The molecular formula is C14H14Cl3NS. The highest BCUT2D eigenvalue weighted by Gasteiger charge is 2.17. The van der Waals surface area contributed by atoms with Gasteiger partial charge in [0.25, 0.3) is 0 Å². The van der Waals surface area contributed by atoms with Crippen molar-refractivity contribution in [1.29, 1.82) is 0 Å². The summed E-state index contributed by atoms with van der Waals surface area (Å²) in [5.74, 6) is 0. The zero-order valence-electron chi connectivity index (χ0n) is 10.4. The number of hydrogen-bond acceptors (Lipinski definition) is 2. The van der Waals surface area contributed by atoms with Crippen LogP contribution in [0.5, 0.6) is 0 Å². The minimum atomic E-state index is 0.161. The van der Waals surface area contributed by atoms with E-state index in [-0.39, 0.29) is 6.04 Å². The molecule has 1 aromatic heterocycles. The van der Waals surface area contributed by atoms with Crippen molar-refractivity contribution in [3.63, 3.8) is 0 Å².